The van der Waals surface area contributed by atoms with E-state index in [4.69, 9.17) is 9.84 Å². The maximum atomic E-state index is 10.6. The van der Waals surface area contributed by atoms with Crippen molar-refractivity contribution in [1.29, 1.82) is 0 Å². The fourth-order valence-corrected chi connectivity index (χ4v) is 1.91. The zero-order chi connectivity index (χ0) is 11.1. The summed E-state index contributed by atoms with van der Waals surface area (Å²) in [5.41, 5.74) is 0.330. The van der Waals surface area contributed by atoms with Crippen LogP contribution in [0.4, 0.5) is 0 Å². The molecular formula is C11H14O3S. The van der Waals surface area contributed by atoms with Gasteiger partial charge in [0.25, 0.3) is 0 Å². The maximum Gasteiger partial charge on any atom is 0.335 e. The molecule has 0 aromatic heterocycles. The van der Waals surface area contributed by atoms with Crippen molar-refractivity contribution in [3.05, 3.63) is 29.8 Å². The largest absolute Gasteiger partial charge is 0.478 e. The Labute approximate surface area is 93.4 Å². The van der Waals surface area contributed by atoms with E-state index in [1.165, 1.54) is 0 Å². The Morgan fingerprint density at radius 2 is 2.07 bits per heavy atom. The molecule has 0 saturated heterocycles. The first-order valence-corrected chi connectivity index (χ1v) is 5.67. The van der Waals surface area contributed by atoms with E-state index in [1.54, 1.807) is 31.0 Å². The highest BCUT2D eigenvalue weighted by atomic mass is 32.2. The molecule has 1 aromatic rings. The van der Waals surface area contributed by atoms with Gasteiger partial charge in [0.05, 0.1) is 5.56 Å². The summed E-state index contributed by atoms with van der Waals surface area (Å²) in [4.78, 5) is 11.7. The second-order valence-electron chi connectivity index (χ2n) is 3.02. The molecule has 0 heterocycles. The second-order valence-corrected chi connectivity index (χ2v) is 4.19. The van der Waals surface area contributed by atoms with E-state index in [2.05, 4.69) is 0 Å². The van der Waals surface area contributed by atoms with Gasteiger partial charge >= 0.3 is 5.97 Å². The van der Waals surface area contributed by atoms with Gasteiger partial charge in [-0.05, 0) is 30.7 Å². The van der Waals surface area contributed by atoms with E-state index in [-0.39, 0.29) is 0 Å². The predicted molar refractivity (Wildman–Crippen MR) is 60.6 cm³/mol. The summed E-state index contributed by atoms with van der Waals surface area (Å²) in [5.74, 6) is 0.103. The second kappa shape index (κ2) is 6.48. The van der Waals surface area contributed by atoms with Crippen LogP contribution in [0.1, 0.15) is 16.8 Å². The molecule has 1 N–H and O–H groups in total. The van der Waals surface area contributed by atoms with E-state index in [1.807, 2.05) is 12.1 Å². The molecule has 0 fully saturated rings. The van der Waals surface area contributed by atoms with E-state index in [9.17, 15) is 4.79 Å². The van der Waals surface area contributed by atoms with Gasteiger partial charge in [-0.25, -0.2) is 4.79 Å². The minimum Gasteiger partial charge on any atom is -0.478 e. The quantitative estimate of drug-likeness (QED) is 0.598. The minimum atomic E-state index is -0.883. The number of aromatic carboxylic acids is 1. The number of carboxylic acids is 1. The molecule has 82 valence electrons. The molecule has 0 atom stereocenters. The molecule has 15 heavy (non-hydrogen) atoms. The number of benzene rings is 1. The Kier molecular flexibility index (Phi) is 5.21. The summed E-state index contributed by atoms with van der Waals surface area (Å²) in [6, 6.07) is 6.92. The minimum absolute atomic E-state index is 0.330. The highest BCUT2D eigenvalue weighted by molar-refractivity contribution is 7.99. The lowest BCUT2D eigenvalue weighted by Crippen LogP contribution is -1.95. The van der Waals surface area contributed by atoms with Crippen molar-refractivity contribution >= 4 is 17.7 Å². The van der Waals surface area contributed by atoms with Crippen molar-refractivity contribution in [2.45, 2.75) is 11.3 Å². The summed E-state index contributed by atoms with van der Waals surface area (Å²) in [7, 11) is 1.69. The summed E-state index contributed by atoms with van der Waals surface area (Å²) in [5, 5.41) is 8.70. The highest BCUT2D eigenvalue weighted by Crippen LogP contribution is 2.19. The fourth-order valence-electron chi connectivity index (χ4n) is 1.09. The molecule has 0 bridgehead atoms. The third kappa shape index (κ3) is 4.36. The van der Waals surface area contributed by atoms with Crippen molar-refractivity contribution in [1.82, 2.24) is 0 Å². The number of hydrogen-bond donors (Lipinski definition) is 1. The summed E-state index contributed by atoms with van der Waals surface area (Å²) in [6.45, 7) is 0.764. The Bertz CT molecular complexity index is 308. The molecule has 0 radical (unpaired) electrons. The molecule has 0 amide bonds. The number of carbonyl (C=O) groups is 1. The fraction of sp³-hybridized carbons (Fsp3) is 0.364. The van der Waals surface area contributed by atoms with Gasteiger partial charge in [0.2, 0.25) is 0 Å². The molecule has 0 spiro atoms. The molecule has 0 aliphatic carbocycles. The standard InChI is InChI=1S/C11H14O3S/c1-14-7-2-8-15-10-5-3-9(4-6-10)11(12)13/h3-6H,2,7-8H2,1H3,(H,12,13). The maximum absolute atomic E-state index is 10.6. The molecule has 0 unspecified atom stereocenters. The van der Waals surface area contributed by atoms with Gasteiger partial charge in [-0.15, -0.1) is 11.8 Å². The third-order valence-electron chi connectivity index (χ3n) is 1.86. The summed E-state index contributed by atoms with van der Waals surface area (Å²) in [6.07, 6.45) is 1.00. The van der Waals surface area contributed by atoms with Gasteiger partial charge in [0.15, 0.2) is 0 Å². The molecule has 3 nitrogen and oxygen atoms in total. The van der Waals surface area contributed by atoms with Crippen LogP contribution in [-0.4, -0.2) is 30.5 Å². The van der Waals surface area contributed by atoms with Gasteiger partial charge in [0, 0.05) is 24.4 Å². The predicted octanol–water partition coefficient (Wildman–Crippen LogP) is 2.51. The Balaban J connectivity index is 2.39. The Morgan fingerprint density at radius 3 is 2.60 bits per heavy atom. The molecule has 0 saturated carbocycles. The third-order valence-corrected chi connectivity index (χ3v) is 2.96. The van der Waals surface area contributed by atoms with Crippen molar-refractivity contribution < 1.29 is 14.6 Å². The number of thioether (sulfide) groups is 1. The zero-order valence-corrected chi connectivity index (χ0v) is 9.42. The monoisotopic (exact) mass is 226 g/mol. The number of carboxylic acid groups (broad SMARTS) is 1. The van der Waals surface area contributed by atoms with Gasteiger partial charge in [0.1, 0.15) is 0 Å². The van der Waals surface area contributed by atoms with Crippen LogP contribution < -0.4 is 0 Å². The summed E-state index contributed by atoms with van der Waals surface area (Å²) >= 11 is 1.71. The number of hydrogen-bond acceptors (Lipinski definition) is 3. The molecule has 0 aliphatic heterocycles. The van der Waals surface area contributed by atoms with Crippen LogP contribution in [0.2, 0.25) is 0 Å². The van der Waals surface area contributed by atoms with Crippen molar-refractivity contribution in [3.63, 3.8) is 0 Å². The first-order chi connectivity index (χ1) is 7.24. The first kappa shape index (κ1) is 12.1. The van der Waals surface area contributed by atoms with Crippen molar-refractivity contribution in [3.8, 4) is 0 Å². The molecule has 1 rings (SSSR count). The zero-order valence-electron chi connectivity index (χ0n) is 8.60. The number of methoxy groups -OCH3 is 1. The molecular weight excluding hydrogens is 212 g/mol. The normalized spacial score (nSPS) is 10.2. The van der Waals surface area contributed by atoms with Crippen LogP contribution in [-0.2, 0) is 4.74 Å². The Hall–Kier alpha value is -1.00. The topological polar surface area (TPSA) is 46.5 Å². The lowest BCUT2D eigenvalue weighted by atomic mass is 10.2. The van der Waals surface area contributed by atoms with Gasteiger partial charge in [-0.2, -0.15) is 0 Å². The molecule has 1 aromatic carbocycles. The molecule has 4 heteroatoms. The van der Waals surface area contributed by atoms with E-state index >= 15 is 0 Å². The smallest absolute Gasteiger partial charge is 0.335 e. The average molecular weight is 226 g/mol. The van der Waals surface area contributed by atoms with Crippen LogP contribution in [0.5, 0.6) is 0 Å². The summed E-state index contributed by atoms with van der Waals surface area (Å²) < 4.78 is 4.94. The van der Waals surface area contributed by atoms with Crippen molar-refractivity contribution in [2.75, 3.05) is 19.5 Å². The number of ether oxygens (including phenoxy) is 1. The van der Waals surface area contributed by atoms with Gasteiger partial charge in [-0.1, -0.05) is 0 Å². The van der Waals surface area contributed by atoms with Gasteiger partial charge < -0.3 is 9.84 Å². The van der Waals surface area contributed by atoms with Gasteiger partial charge in [-0.3, -0.25) is 0 Å². The average Bonchev–Trinajstić information content (AvgIpc) is 2.25. The van der Waals surface area contributed by atoms with Crippen molar-refractivity contribution in [2.24, 2.45) is 0 Å². The lowest BCUT2D eigenvalue weighted by molar-refractivity contribution is 0.0697. The lowest BCUT2D eigenvalue weighted by Gasteiger charge is -2.01. The van der Waals surface area contributed by atoms with E-state index in [0.29, 0.717) is 5.56 Å². The number of rotatable bonds is 6. The van der Waals surface area contributed by atoms with Crippen LogP contribution in [0, 0.1) is 0 Å². The van der Waals surface area contributed by atoms with E-state index < -0.39 is 5.97 Å². The van der Waals surface area contributed by atoms with Crippen LogP contribution in [0.25, 0.3) is 0 Å². The van der Waals surface area contributed by atoms with Crippen LogP contribution in [0.3, 0.4) is 0 Å². The Morgan fingerprint density at radius 1 is 1.40 bits per heavy atom. The van der Waals surface area contributed by atoms with E-state index in [0.717, 1.165) is 23.7 Å². The SMILES string of the molecule is COCCCSc1ccc(C(=O)O)cc1. The molecule has 0 aliphatic rings. The van der Waals surface area contributed by atoms with Crippen LogP contribution in [0.15, 0.2) is 29.2 Å². The van der Waals surface area contributed by atoms with Crippen LogP contribution >= 0.6 is 11.8 Å². The highest BCUT2D eigenvalue weighted by Gasteiger charge is 2.01. The first-order valence-electron chi connectivity index (χ1n) is 4.69.